The lowest BCUT2D eigenvalue weighted by molar-refractivity contribution is -0.121. The normalized spacial score (nSPS) is 19.8. The van der Waals surface area contributed by atoms with E-state index in [0.29, 0.717) is 30.4 Å². The number of benzene rings is 1. The molecule has 2 unspecified atom stereocenters. The molecule has 2 N–H and O–H groups in total. The molecule has 206 valence electrons. The number of ether oxygens (including phenoxy) is 1. The van der Waals surface area contributed by atoms with Crippen molar-refractivity contribution in [2.24, 2.45) is 17.3 Å². The number of likely N-dealkylation sites (tertiary alicyclic amines) is 1. The first kappa shape index (κ1) is 27.6. The van der Waals surface area contributed by atoms with Crippen LogP contribution in [0.1, 0.15) is 74.1 Å². The molecule has 1 saturated carbocycles. The molecule has 0 radical (unpaired) electrons. The van der Waals surface area contributed by atoms with Gasteiger partial charge in [0.1, 0.15) is 11.9 Å². The van der Waals surface area contributed by atoms with Gasteiger partial charge in [-0.05, 0) is 64.0 Å². The van der Waals surface area contributed by atoms with Crippen LogP contribution in [0.5, 0.6) is 0 Å². The lowest BCUT2D eigenvalue weighted by Crippen LogP contribution is -2.65. The van der Waals surface area contributed by atoms with E-state index in [1.165, 1.54) is 7.05 Å². The summed E-state index contributed by atoms with van der Waals surface area (Å²) in [5, 5.41) is 5.84. The average Bonchev–Trinajstić information content (AvgIpc) is 3.05. The Labute approximate surface area is 223 Å². The average molecular weight is 527 g/mol. The summed E-state index contributed by atoms with van der Waals surface area (Å²) in [6, 6.07) is 4.08. The molecule has 4 amide bonds. The fourth-order valence-electron chi connectivity index (χ4n) is 5.78. The fraction of sp³-hybridized carbons (Fsp3) is 0.607. The van der Waals surface area contributed by atoms with Crippen molar-refractivity contribution in [3.05, 3.63) is 29.3 Å². The van der Waals surface area contributed by atoms with E-state index < -0.39 is 23.5 Å². The van der Waals surface area contributed by atoms with Gasteiger partial charge in [0, 0.05) is 44.2 Å². The molecule has 0 aromatic heterocycles. The van der Waals surface area contributed by atoms with E-state index in [4.69, 9.17) is 4.74 Å². The number of nitrogens with one attached hydrogen (secondary N) is 2. The number of nitrogens with zero attached hydrogens (tertiary/aromatic N) is 2. The molecular formula is C28H38N4O6. The summed E-state index contributed by atoms with van der Waals surface area (Å²) in [4.78, 5) is 64.6. The second kappa shape index (κ2) is 10.4. The smallest absolute Gasteiger partial charge is 0.410 e. The van der Waals surface area contributed by atoms with E-state index in [1.54, 1.807) is 23.1 Å². The van der Waals surface area contributed by atoms with E-state index in [2.05, 4.69) is 17.6 Å². The maximum absolute atomic E-state index is 13.3. The molecule has 1 aromatic rings. The Bertz CT molecular complexity index is 1130. The third-order valence-corrected chi connectivity index (χ3v) is 7.89. The highest BCUT2D eigenvalue weighted by Crippen LogP contribution is 2.54. The lowest BCUT2D eigenvalue weighted by Gasteiger charge is -2.60. The van der Waals surface area contributed by atoms with Gasteiger partial charge in [0.2, 0.25) is 5.91 Å². The molecule has 10 nitrogen and oxygen atoms in total. The van der Waals surface area contributed by atoms with Gasteiger partial charge in [0.05, 0.1) is 17.2 Å². The largest absolute Gasteiger partial charge is 0.444 e. The third kappa shape index (κ3) is 5.39. The van der Waals surface area contributed by atoms with Crippen LogP contribution in [0.4, 0.5) is 10.5 Å². The second-order valence-electron chi connectivity index (χ2n) is 12.0. The van der Waals surface area contributed by atoms with Gasteiger partial charge in [0.15, 0.2) is 0 Å². The molecule has 1 saturated heterocycles. The summed E-state index contributed by atoms with van der Waals surface area (Å²) in [5.74, 6) is -0.476. The predicted octanol–water partition coefficient (Wildman–Crippen LogP) is 3.07. The molecule has 0 bridgehead atoms. The number of aldehydes is 1. The van der Waals surface area contributed by atoms with Gasteiger partial charge < -0.3 is 25.1 Å². The number of hydrogen-bond donors (Lipinski definition) is 2. The topological polar surface area (TPSA) is 125 Å². The Balaban J connectivity index is 1.32. The van der Waals surface area contributed by atoms with Crippen molar-refractivity contribution in [1.29, 1.82) is 0 Å². The Morgan fingerprint density at radius 1 is 1.18 bits per heavy atom. The molecule has 2 heterocycles. The van der Waals surface area contributed by atoms with Gasteiger partial charge in [-0.25, -0.2) is 4.79 Å². The van der Waals surface area contributed by atoms with Crippen LogP contribution >= 0.6 is 0 Å². The summed E-state index contributed by atoms with van der Waals surface area (Å²) in [7, 11) is 1.49. The van der Waals surface area contributed by atoms with Gasteiger partial charge in [0.25, 0.3) is 11.8 Å². The zero-order chi connectivity index (χ0) is 27.8. The van der Waals surface area contributed by atoms with Crippen molar-refractivity contribution < 1.29 is 28.7 Å². The standard InChI is InChI=1S/C28H38N4O6/c1-17(18-11-28(12-18)15-31(16-28)26(37)38-27(2,3)4)13-30-21-8-6-7-20-23(21)25(36)32(24(20)35)19(14-33)9-10-22(34)29-5/h6-8,14,17-19,30H,9-13,15-16H2,1-5H3,(H,29,34). The Morgan fingerprint density at radius 2 is 1.87 bits per heavy atom. The number of carbonyl (C=O) groups is 5. The van der Waals surface area contributed by atoms with Crippen LogP contribution in [0, 0.1) is 17.3 Å². The van der Waals surface area contributed by atoms with Crippen molar-refractivity contribution in [3.8, 4) is 0 Å². The first-order valence-electron chi connectivity index (χ1n) is 13.3. The van der Waals surface area contributed by atoms with Gasteiger partial charge in [-0.2, -0.15) is 0 Å². The molecule has 1 spiro atoms. The number of carbonyl (C=O) groups excluding carboxylic acids is 5. The highest BCUT2D eigenvalue weighted by molar-refractivity contribution is 6.24. The summed E-state index contributed by atoms with van der Waals surface area (Å²) in [5.41, 5.74) is 0.792. The minimum absolute atomic E-state index is 0.0361. The highest BCUT2D eigenvalue weighted by atomic mass is 16.6. The first-order valence-corrected chi connectivity index (χ1v) is 13.3. The SMILES string of the molecule is CNC(=O)CCC(C=O)N1C(=O)c2cccc(NCC(C)C3CC4(C3)CN(C(=O)OC(C)(C)C)C4)c2C1=O. The second-order valence-corrected chi connectivity index (χ2v) is 12.0. The number of fused-ring (bicyclic) bond motifs is 1. The Morgan fingerprint density at radius 3 is 2.47 bits per heavy atom. The van der Waals surface area contributed by atoms with Crippen molar-refractivity contribution in [2.75, 3.05) is 32.0 Å². The maximum Gasteiger partial charge on any atom is 0.410 e. The number of imide groups is 1. The van der Waals surface area contributed by atoms with Crippen molar-refractivity contribution >= 4 is 35.8 Å². The van der Waals surface area contributed by atoms with Gasteiger partial charge >= 0.3 is 6.09 Å². The number of amides is 4. The van der Waals surface area contributed by atoms with E-state index >= 15 is 0 Å². The summed E-state index contributed by atoms with van der Waals surface area (Å²) >= 11 is 0. The van der Waals surface area contributed by atoms with E-state index in [9.17, 15) is 24.0 Å². The molecule has 10 heteroatoms. The summed E-state index contributed by atoms with van der Waals surface area (Å²) in [6.45, 7) is 9.86. The molecule has 2 atom stereocenters. The minimum Gasteiger partial charge on any atom is -0.444 e. The van der Waals surface area contributed by atoms with Crippen LogP contribution in [-0.4, -0.2) is 78.2 Å². The van der Waals surface area contributed by atoms with Crippen LogP contribution < -0.4 is 10.6 Å². The van der Waals surface area contributed by atoms with Crippen molar-refractivity contribution in [3.63, 3.8) is 0 Å². The zero-order valence-electron chi connectivity index (χ0n) is 22.8. The molecule has 1 aromatic carbocycles. The van der Waals surface area contributed by atoms with Crippen LogP contribution in [0.3, 0.4) is 0 Å². The van der Waals surface area contributed by atoms with Crippen LogP contribution in [0.15, 0.2) is 18.2 Å². The van der Waals surface area contributed by atoms with E-state index in [-0.39, 0.29) is 41.4 Å². The zero-order valence-corrected chi connectivity index (χ0v) is 22.8. The molecule has 4 rings (SSSR count). The van der Waals surface area contributed by atoms with E-state index in [1.807, 2.05) is 20.8 Å². The van der Waals surface area contributed by atoms with Gasteiger partial charge in [-0.15, -0.1) is 0 Å². The highest BCUT2D eigenvalue weighted by Gasteiger charge is 2.55. The van der Waals surface area contributed by atoms with Crippen molar-refractivity contribution in [1.82, 2.24) is 15.1 Å². The quantitative estimate of drug-likeness (QED) is 0.374. The third-order valence-electron chi connectivity index (χ3n) is 7.89. The van der Waals surface area contributed by atoms with Crippen LogP contribution in [-0.2, 0) is 14.3 Å². The summed E-state index contributed by atoms with van der Waals surface area (Å²) < 4.78 is 5.46. The minimum atomic E-state index is -1.000. The van der Waals surface area contributed by atoms with Gasteiger partial charge in [-0.1, -0.05) is 13.0 Å². The van der Waals surface area contributed by atoms with Crippen LogP contribution in [0.2, 0.25) is 0 Å². The molecule has 2 aliphatic heterocycles. The van der Waals surface area contributed by atoms with Crippen molar-refractivity contribution in [2.45, 2.75) is 65.0 Å². The van der Waals surface area contributed by atoms with Gasteiger partial charge in [-0.3, -0.25) is 19.3 Å². The lowest BCUT2D eigenvalue weighted by atomic mass is 9.55. The fourth-order valence-corrected chi connectivity index (χ4v) is 5.78. The number of rotatable bonds is 9. The Kier molecular flexibility index (Phi) is 7.54. The molecule has 2 fully saturated rings. The van der Waals surface area contributed by atoms with E-state index in [0.717, 1.165) is 30.8 Å². The molecule has 38 heavy (non-hydrogen) atoms. The Hall–Kier alpha value is -3.43. The molecule has 1 aliphatic carbocycles. The van der Waals surface area contributed by atoms with Crippen LogP contribution in [0.25, 0.3) is 0 Å². The molecular weight excluding hydrogens is 488 g/mol. The predicted molar refractivity (Wildman–Crippen MR) is 141 cm³/mol. The maximum atomic E-state index is 13.3. The molecule has 3 aliphatic rings. The monoisotopic (exact) mass is 526 g/mol. The number of anilines is 1. The number of hydrogen-bond acceptors (Lipinski definition) is 7. The summed E-state index contributed by atoms with van der Waals surface area (Å²) in [6.07, 6.45) is 2.49. The first-order chi connectivity index (χ1) is 17.9.